The number of nitrogens with zero attached hydrogens (tertiary/aromatic N) is 3. The van der Waals surface area contributed by atoms with Crippen LogP contribution in [0.2, 0.25) is 0 Å². The van der Waals surface area contributed by atoms with Crippen LogP contribution in [0.3, 0.4) is 0 Å². The lowest BCUT2D eigenvalue weighted by Crippen LogP contribution is -2.42. The van der Waals surface area contributed by atoms with E-state index in [-0.39, 0.29) is 6.10 Å². The normalized spacial score (nSPS) is 31.0. The number of para-hydroxylation sites is 2. The number of benzene rings is 1. The first-order valence-corrected chi connectivity index (χ1v) is 7.81. The van der Waals surface area contributed by atoms with Gasteiger partial charge in [0.2, 0.25) is 0 Å². The Kier molecular flexibility index (Phi) is 3.56. The average Bonchev–Trinajstić information content (AvgIpc) is 3.19. The Balaban J connectivity index is 1.56. The van der Waals surface area contributed by atoms with Crippen molar-refractivity contribution in [2.45, 2.75) is 25.0 Å². The van der Waals surface area contributed by atoms with E-state index in [1.54, 1.807) is 12.7 Å². The smallest absolute Gasteiger partial charge is 0.143 e. The van der Waals surface area contributed by atoms with Gasteiger partial charge in [0, 0.05) is 0 Å². The molecule has 1 aliphatic heterocycles. The van der Waals surface area contributed by atoms with Crippen LogP contribution in [0.1, 0.15) is 12.8 Å². The van der Waals surface area contributed by atoms with Crippen LogP contribution in [0.5, 0.6) is 5.75 Å². The molecule has 4 rings (SSSR count). The number of hydrogen-bond acceptors (Lipinski definition) is 5. The van der Waals surface area contributed by atoms with Crippen LogP contribution < -0.4 is 10.1 Å². The summed E-state index contributed by atoms with van der Waals surface area (Å²) in [4.78, 5) is 0. The van der Waals surface area contributed by atoms with Crippen molar-refractivity contribution < 1.29 is 9.84 Å². The molecule has 2 heterocycles. The molecular formula is C16H20N4O2. The van der Waals surface area contributed by atoms with Crippen LogP contribution in [-0.2, 0) is 0 Å². The zero-order valence-electron chi connectivity index (χ0n) is 12.3. The van der Waals surface area contributed by atoms with Crippen molar-refractivity contribution in [3.63, 3.8) is 0 Å². The van der Waals surface area contributed by atoms with E-state index < -0.39 is 6.10 Å². The van der Waals surface area contributed by atoms with E-state index in [9.17, 15) is 5.11 Å². The summed E-state index contributed by atoms with van der Waals surface area (Å²) < 4.78 is 8.00. The second-order valence-electron chi connectivity index (χ2n) is 6.21. The highest BCUT2D eigenvalue weighted by molar-refractivity contribution is 5.46. The molecule has 1 aromatic heterocycles. The predicted octanol–water partition coefficient (Wildman–Crippen LogP) is 1.00. The number of aliphatic hydroxyl groups is 1. The molecule has 0 unspecified atom stereocenters. The third-order valence-corrected chi connectivity index (χ3v) is 4.83. The van der Waals surface area contributed by atoms with Crippen molar-refractivity contribution in [1.82, 2.24) is 20.1 Å². The fourth-order valence-electron chi connectivity index (χ4n) is 3.64. The second kappa shape index (κ2) is 5.70. The minimum absolute atomic E-state index is 0.154. The number of rotatable bonds is 3. The molecule has 0 bridgehead atoms. The van der Waals surface area contributed by atoms with Gasteiger partial charge in [0.1, 0.15) is 24.5 Å². The van der Waals surface area contributed by atoms with Crippen LogP contribution in [0, 0.1) is 11.8 Å². The van der Waals surface area contributed by atoms with Gasteiger partial charge in [-0.05, 0) is 49.9 Å². The van der Waals surface area contributed by atoms with E-state index in [1.807, 2.05) is 28.8 Å². The highest BCUT2D eigenvalue weighted by Gasteiger charge is 2.40. The van der Waals surface area contributed by atoms with Crippen molar-refractivity contribution in [2.24, 2.45) is 11.8 Å². The minimum atomic E-state index is -0.407. The maximum absolute atomic E-state index is 10.4. The van der Waals surface area contributed by atoms with Crippen molar-refractivity contribution in [3.05, 3.63) is 36.9 Å². The lowest BCUT2D eigenvalue weighted by atomic mass is 9.78. The van der Waals surface area contributed by atoms with Gasteiger partial charge in [-0.3, -0.25) is 4.57 Å². The molecule has 1 aromatic carbocycles. The first kappa shape index (κ1) is 13.7. The summed E-state index contributed by atoms with van der Waals surface area (Å²) in [5, 5.41) is 21.5. The van der Waals surface area contributed by atoms with Gasteiger partial charge in [0.05, 0.1) is 11.8 Å². The highest BCUT2D eigenvalue weighted by atomic mass is 16.5. The van der Waals surface area contributed by atoms with Gasteiger partial charge in [-0.2, -0.15) is 0 Å². The van der Waals surface area contributed by atoms with Crippen LogP contribution in [0.15, 0.2) is 36.9 Å². The van der Waals surface area contributed by atoms with Crippen LogP contribution >= 0.6 is 0 Å². The summed E-state index contributed by atoms with van der Waals surface area (Å²) in [6, 6.07) is 7.80. The van der Waals surface area contributed by atoms with Gasteiger partial charge in [-0.15, -0.1) is 10.2 Å². The van der Waals surface area contributed by atoms with Gasteiger partial charge < -0.3 is 15.2 Å². The van der Waals surface area contributed by atoms with Crippen molar-refractivity contribution in [1.29, 1.82) is 0 Å². The highest BCUT2D eigenvalue weighted by Crippen LogP contribution is 2.35. The maximum atomic E-state index is 10.4. The SMILES string of the molecule is O[C@@H]1C[C@H]2CNC[C@H]2C[C@H]1Oc1ccccc1-n1cnnc1. The molecule has 0 amide bonds. The number of hydrogen-bond donors (Lipinski definition) is 2. The van der Waals surface area contributed by atoms with Crippen molar-refractivity contribution >= 4 is 0 Å². The first-order valence-electron chi connectivity index (χ1n) is 7.81. The van der Waals surface area contributed by atoms with E-state index in [0.717, 1.165) is 37.4 Å². The standard InChI is InChI=1S/C16H20N4O2/c21-14-5-11-7-17-8-12(11)6-16(14)22-15-4-2-1-3-13(15)20-9-18-19-10-20/h1-4,9-12,14,16-17,21H,5-8H2/t11-,12+,14+,16+/m0/s1. The van der Waals surface area contributed by atoms with Crippen LogP contribution in [0.4, 0.5) is 0 Å². The molecule has 6 nitrogen and oxygen atoms in total. The molecule has 2 aliphatic rings. The Morgan fingerprint density at radius 3 is 2.64 bits per heavy atom. The lowest BCUT2D eigenvalue weighted by molar-refractivity contribution is -0.0231. The molecule has 6 heteroatoms. The number of aliphatic hydroxyl groups excluding tert-OH is 1. The molecule has 22 heavy (non-hydrogen) atoms. The summed E-state index contributed by atoms with van der Waals surface area (Å²) in [5.74, 6) is 1.95. The molecule has 2 N–H and O–H groups in total. The topological polar surface area (TPSA) is 72.2 Å². The third-order valence-electron chi connectivity index (χ3n) is 4.83. The Bertz CT molecular complexity index is 631. The molecule has 0 radical (unpaired) electrons. The van der Waals surface area contributed by atoms with Gasteiger partial charge in [0.25, 0.3) is 0 Å². The molecule has 1 saturated carbocycles. The van der Waals surface area contributed by atoms with Gasteiger partial charge >= 0.3 is 0 Å². The largest absolute Gasteiger partial charge is 0.486 e. The van der Waals surface area contributed by atoms with E-state index in [0.29, 0.717) is 11.8 Å². The molecule has 1 saturated heterocycles. The van der Waals surface area contributed by atoms with E-state index >= 15 is 0 Å². The third kappa shape index (κ3) is 2.48. The number of aromatic nitrogens is 3. The van der Waals surface area contributed by atoms with E-state index in [4.69, 9.17) is 4.74 Å². The van der Waals surface area contributed by atoms with E-state index in [1.165, 1.54) is 0 Å². The quantitative estimate of drug-likeness (QED) is 0.885. The van der Waals surface area contributed by atoms with Gasteiger partial charge in [-0.25, -0.2) is 0 Å². The van der Waals surface area contributed by atoms with E-state index in [2.05, 4.69) is 15.5 Å². The molecule has 116 valence electrons. The summed E-state index contributed by atoms with van der Waals surface area (Å²) in [7, 11) is 0. The molecule has 2 fully saturated rings. The average molecular weight is 300 g/mol. The zero-order chi connectivity index (χ0) is 14.9. The van der Waals surface area contributed by atoms with Crippen molar-refractivity contribution in [3.8, 4) is 11.4 Å². The maximum Gasteiger partial charge on any atom is 0.143 e. The molecule has 1 aliphatic carbocycles. The first-order chi connectivity index (χ1) is 10.8. The summed E-state index contributed by atoms with van der Waals surface area (Å²) >= 11 is 0. The molecule has 4 atom stereocenters. The zero-order valence-corrected chi connectivity index (χ0v) is 12.3. The summed E-state index contributed by atoms with van der Waals surface area (Å²) in [5.41, 5.74) is 0.895. The monoisotopic (exact) mass is 300 g/mol. The fourth-order valence-corrected chi connectivity index (χ4v) is 3.64. The summed E-state index contributed by atoms with van der Waals surface area (Å²) in [6.07, 6.45) is 4.45. The Morgan fingerprint density at radius 2 is 1.82 bits per heavy atom. The van der Waals surface area contributed by atoms with Gasteiger partial charge in [0.15, 0.2) is 0 Å². The number of ether oxygens (including phenoxy) is 1. The molecule has 0 spiro atoms. The number of fused-ring (bicyclic) bond motifs is 1. The van der Waals surface area contributed by atoms with Crippen LogP contribution in [0.25, 0.3) is 5.69 Å². The lowest BCUT2D eigenvalue weighted by Gasteiger charge is -2.35. The Labute approximate surface area is 129 Å². The van der Waals surface area contributed by atoms with Crippen LogP contribution in [-0.4, -0.2) is 45.2 Å². The predicted molar refractivity (Wildman–Crippen MR) is 80.9 cm³/mol. The number of nitrogens with one attached hydrogen (secondary N) is 1. The summed E-state index contributed by atoms with van der Waals surface area (Å²) in [6.45, 7) is 2.05. The minimum Gasteiger partial charge on any atom is -0.486 e. The van der Waals surface area contributed by atoms with Gasteiger partial charge in [-0.1, -0.05) is 12.1 Å². The fraction of sp³-hybridized carbons (Fsp3) is 0.500. The molecule has 2 aromatic rings. The molecular weight excluding hydrogens is 280 g/mol. The Hall–Kier alpha value is -1.92. The Morgan fingerprint density at radius 1 is 1.09 bits per heavy atom. The second-order valence-corrected chi connectivity index (χ2v) is 6.21. The van der Waals surface area contributed by atoms with Crippen molar-refractivity contribution in [2.75, 3.05) is 13.1 Å².